The summed E-state index contributed by atoms with van der Waals surface area (Å²) in [5.41, 5.74) is 1.08. The lowest BCUT2D eigenvalue weighted by atomic mass is 9.77. The van der Waals surface area contributed by atoms with Crippen LogP contribution in [0, 0.1) is 12.8 Å². The number of nitrogens with one attached hydrogen (secondary N) is 2. The van der Waals surface area contributed by atoms with Crippen LogP contribution in [0.4, 0.5) is 5.69 Å². The predicted octanol–water partition coefficient (Wildman–Crippen LogP) is 2.36. The molecule has 0 radical (unpaired) electrons. The van der Waals surface area contributed by atoms with Crippen LogP contribution in [0.5, 0.6) is 0 Å². The SMILES string of the molecule is Cc1ccc(NC(=O)C(=O)NC[C@](O)(c2ccccc2)C2CCOCC2)cc1. The molecule has 1 fully saturated rings. The van der Waals surface area contributed by atoms with Crippen LogP contribution in [0.15, 0.2) is 54.6 Å². The number of hydrogen-bond donors (Lipinski definition) is 3. The average molecular weight is 382 g/mol. The molecule has 148 valence electrons. The molecule has 6 heteroatoms. The third kappa shape index (κ3) is 4.77. The Hall–Kier alpha value is -2.70. The number of rotatable bonds is 5. The zero-order chi connectivity index (χ0) is 20.0. The van der Waals surface area contributed by atoms with Crippen molar-refractivity contribution in [1.29, 1.82) is 0 Å². The quantitative estimate of drug-likeness (QED) is 0.693. The van der Waals surface area contributed by atoms with Gasteiger partial charge in [-0.3, -0.25) is 9.59 Å². The molecule has 0 aliphatic carbocycles. The molecule has 28 heavy (non-hydrogen) atoms. The average Bonchev–Trinajstić information content (AvgIpc) is 2.74. The van der Waals surface area contributed by atoms with Crippen LogP contribution in [0.25, 0.3) is 0 Å². The predicted molar refractivity (Wildman–Crippen MR) is 107 cm³/mol. The van der Waals surface area contributed by atoms with Crippen molar-refractivity contribution in [3.05, 3.63) is 65.7 Å². The maximum absolute atomic E-state index is 12.3. The van der Waals surface area contributed by atoms with E-state index < -0.39 is 17.4 Å². The number of carbonyl (C=O) groups excluding carboxylic acids is 2. The fourth-order valence-corrected chi connectivity index (χ4v) is 3.50. The Bertz CT molecular complexity index is 801. The summed E-state index contributed by atoms with van der Waals surface area (Å²) in [6.07, 6.45) is 1.38. The first-order valence-electron chi connectivity index (χ1n) is 9.50. The number of benzene rings is 2. The molecular weight excluding hydrogens is 356 g/mol. The van der Waals surface area contributed by atoms with Gasteiger partial charge in [-0.25, -0.2) is 0 Å². The lowest BCUT2D eigenvalue weighted by Gasteiger charge is -2.39. The van der Waals surface area contributed by atoms with Gasteiger partial charge < -0.3 is 20.5 Å². The second-order valence-electron chi connectivity index (χ2n) is 7.18. The van der Waals surface area contributed by atoms with Gasteiger partial charge in [0.25, 0.3) is 0 Å². The second-order valence-corrected chi connectivity index (χ2v) is 7.18. The summed E-state index contributed by atoms with van der Waals surface area (Å²) in [6, 6.07) is 16.5. The standard InChI is InChI=1S/C22H26N2O4/c1-16-7-9-19(10-8-16)24-21(26)20(25)23-15-22(27,17-5-3-2-4-6-17)18-11-13-28-14-12-18/h2-10,18,27H,11-15H2,1H3,(H,23,25)(H,24,26)/t22-/m0/s1. The van der Waals surface area contributed by atoms with Gasteiger partial charge in [-0.05, 0) is 43.4 Å². The minimum Gasteiger partial charge on any atom is -0.383 e. The van der Waals surface area contributed by atoms with Crippen molar-refractivity contribution in [2.45, 2.75) is 25.4 Å². The molecule has 3 rings (SSSR count). The van der Waals surface area contributed by atoms with Crippen LogP contribution in [0.1, 0.15) is 24.0 Å². The number of carbonyl (C=O) groups is 2. The molecule has 1 atom stereocenters. The van der Waals surface area contributed by atoms with E-state index in [0.717, 1.165) is 11.1 Å². The first-order valence-corrected chi connectivity index (χ1v) is 9.50. The van der Waals surface area contributed by atoms with Gasteiger partial charge in [0.05, 0.1) is 6.54 Å². The molecule has 0 saturated carbocycles. The van der Waals surface area contributed by atoms with E-state index in [2.05, 4.69) is 10.6 Å². The van der Waals surface area contributed by atoms with Gasteiger partial charge in [0.2, 0.25) is 0 Å². The Labute approximate surface area is 164 Å². The summed E-state index contributed by atoms with van der Waals surface area (Å²) in [5, 5.41) is 16.6. The van der Waals surface area contributed by atoms with E-state index in [1.165, 1.54) is 0 Å². The van der Waals surface area contributed by atoms with Crippen molar-refractivity contribution < 1.29 is 19.4 Å². The second kappa shape index (κ2) is 8.99. The molecule has 2 aromatic carbocycles. The molecule has 1 saturated heterocycles. The monoisotopic (exact) mass is 382 g/mol. The molecule has 2 aromatic rings. The van der Waals surface area contributed by atoms with E-state index in [4.69, 9.17) is 4.74 Å². The molecule has 1 aliphatic rings. The number of anilines is 1. The minimum absolute atomic E-state index is 0.0399. The molecule has 0 unspecified atom stereocenters. The summed E-state index contributed by atoms with van der Waals surface area (Å²) >= 11 is 0. The Morgan fingerprint density at radius 2 is 1.68 bits per heavy atom. The molecule has 2 amide bonds. The fraction of sp³-hybridized carbons (Fsp3) is 0.364. The molecule has 3 N–H and O–H groups in total. The summed E-state index contributed by atoms with van der Waals surface area (Å²) in [5.74, 6) is -1.60. The molecule has 0 spiro atoms. The van der Waals surface area contributed by atoms with Gasteiger partial charge >= 0.3 is 11.8 Å². The van der Waals surface area contributed by atoms with Crippen molar-refractivity contribution in [2.24, 2.45) is 5.92 Å². The maximum atomic E-state index is 12.3. The first-order chi connectivity index (χ1) is 13.5. The highest BCUT2D eigenvalue weighted by Crippen LogP contribution is 2.35. The van der Waals surface area contributed by atoms with Crippen LogP contribution in [0.3, 0.4) is 0 Å². The van der Waals surface area contributed by atoms with E-state index in [-0.39, 0.29) is 12.5 Å². The molecule has 0 aromatic heterocycles. The Balaban J connectivity index is 1.68. The number of ether oxygens (including phenoxy) is 1. The van der Waals surface area contributed by atoms with Gasteiger partial charge in [-0.15, -0.1) is 0 Å². The van der Waals surface area contributed by atoms with Crippen LogP contribution in [0.2, 0.25) is 0 Å². The molecule has 1 heterocycles. The number of amides is 2. The highest BCUT2D eigenvalue weighted by atomic mass is 16.5. The van der Waals surface area contributed by atoms with Gasteiger partial charge in [-0.2, -0.15) is 0 Å². The maximum Gasteiger partial charge on any atom is 0.313 e. The highest BCUT2D eigenvalue weighted by Gasteiger charge is 2.39. The van der Waals surface area contributed by atoms with Crippen molar-refractivity contribution in [3.8, 4) is 0 Å². The number of aliphatic hydroxyl groups is 1. The zero-order valence-electron chi connectivity index (χ0n) is 16.0. The van der Waals surface area contributed by atoms with Gasteiger partial charge in [0.15, 0.2) is 0 Å². The lowest BCUT2D eigenvalue weighted by molar-refractivity contribution is -0.137. The van der Waals surface area contributed by atoms with E-state index in [0.29, 0.717) is 31.7 Å². The van der Waals surface area contributed by atoms with Gasteiger partial charge in [-0.1, -0.05) is 48.0 Å². The molecule has 0 bridgehead atoms. The van der Waals surface area contributed by atoms with Crippen LogP contribution >= 0.6 is 0 Å². The largest absolute Gasteiger partial charge is 0.383 e. The number of aryl methyl sites for hydroxylation is 1. The molecule has 1 aliphatic heterocycles. The topological polar surface area (TPSA) is 87.7 Å². The first kappa shape index (κ1) is 20.0. The van der Waals surface area contributed by atoms with Crippen LogP contribution in [-0.4, -0.2) is 36.7 Å². The normalized spacial score (nSPS) is 16.8. The molecule has 6 nitrogen and oxygen atoms in total. The van der Waals surface area contributed by atoms with E-state index >= 15 is 0 Å². The van der Waals surface area contributed by atoms with Crippen molar-refractivity contribution in [3.63, 3.8) is 0 Å². The smallest absolute Gasteiger partial charge is 0.313 e. The Kier molecular flexibility index (Phi) is 6.44. The van der Waals surface area contributed by atoms with E-state index in [1.807, 2.05) is 49.4 Å². The van der Waals surface area contributed by atoms with Gasteiger partial charge in [0, 0.05) is 18.9 Å². The zero-order valence-corrected chi connectivity index (χ0v) is 16.0. The minimum atomic E-state index is -1.26. The molecular formula is C22H26N2O4. The van der Waals surface area contributed by atoms with Crippen molar-refractivity contribution >= 4 is 17.5 Å². The van der Waals surface area contributed by atoms with Crippen LogP contribution < -0.4 is 10.6 Å². The summed E-state index contributed by atoms with van der Waals surface area (Å²) < 4.78 is 5.41. The Morgan fingerprint density at radius 1 is 1.04 bits per heavy atom. The number of hydrogen-bond acceptors (Lipinski definition) is 4. The van der Waals surface area contributed by atoms with E-state index in [1.54, 1.807) is 12.1 Å². The van der Waals surface area contributed by atoms with E-state index in [9.17, 15) is 14.7 Å². The Morgan fingerprint density at radius 3 is 2.32 bits per heavy atom. The third-order valence-electron chi connectivity index (χ3n) is 5.20. The third-order valence-corrected chi connectivity index (χ3v) is 5.20. The highest BCUT2D eigenvalue weighted by molar-refractivity contribution is 6.39. The fourth-order valence-electron chi connectivity index (χ4n) is 3.50. The van der Waals surface area contributed by atoms with Crippen LogP contribution in [-0.2, 0) is 19.9 Å². The summed E-state index contributed by atoms with van der Waals surface area (Å²) in [7, 11) is 0. The lowest BCUT2D eigenvalue weighted by Crippen LogP contribution is -2.49. The van der Waals surface area contributed by atoms with Crippen molar-refractivity contribution in [2.75, 3.05) is 25.1 Å². The van der Waals surface area contributed by atoms with Crippen molar-refractivity contribution in [1.82, 2.24) is 5.32 Å². The van der Waals surface area contributed by atoms with Gasteiger partial charge in [0.1, 0.15) is 5.60 Å². The summed E-state index contributed by atoms with van der Waals surface area (Å²) in [4.78, 5) is 24.5. The summed E-state index contributed by atoms with van der Waals surface area (Å²) in [6.45, 7) is 3.05.